The van der Waals surface area contributed by atoms with Gasteiger partial charge in [0.2, 0.25) is 5.88 Å². The molecule has 2 aromatic rings. The minimum Gasteiger partial charge on any atom is -0.465 e. The monoisotopic (exact) mass is 265 g/mol. The number of aromatic nitrogens is 1. The Morgan fingerprint density at radius 3 is 2.47 bits per heavy atom. The molecule has 0 N–H and O–H groups in total. The zero-order chi connectivity index (χ0) is 13.8. The van der Waals surface area contributed by atoms with E-state index in [2.05, 4.69) is 9.72 Å². The van der Waals surface area contributed by atoms with Crippen molar-refractivity contribution in [3.8, 4) is 11.6 Å². The van der Waals surface area contributed by atoms with Crippen LogP contribution in [-0.2, 0) is 4.74 Å². The molecule has 0 unspecified atom stereocenters. The molecule has 0 bridgehead atoms. The van der Waals surface area contributed by atoms with E-state index in [9.17, 15) is 13.6 Å². The maximum atomic E-state index is 13.0. The molecule has 0 atom stereocenters. The van der Waals surface area contributed by atoms with Crippen molar-refractivity contribution >= 4 is 5.97 Å². The molecule has 0 fully saturated rings. The van der Waals surface area contributed by atoms with Crippen LogP contribution in [-0.4, -0.2) is 18.1 Å². The Balaban J connectivity index is 2.25. The first kappa shape index (κ1) is 12.9. The maximum Gasteiger partial charge on any atom is 0.338 e. The molecule has 6 heteroatoms. The fourth-order valence-electron chi connectivity index (χ4n) is 1.42. The van der Waals surface area contributed by atoms with E-state index in [1.54, 1.807) is 0 Å². The number of benzene rings is 1. The highest BCUT2D eigenvalue weighted by molar-refractivity contribution is 5.89. The lowest BCUT2D eigenvalue weighted by molar-refractivity contribution is 0.0600. The second-order valence-corrected chi connectivity index (χ2v) is 3.58. The average molecular weight is 265 g/mol. The Hall–Kier alpha value is -2.50. The Bertz CT molecular complexity index is 596. The van der Waals surface area contributed by atoms with Crippen LogP contribution in [0.3, 0.4) is 0 Å². The quantitative estimate of drug-likeness (QED) is 0.800. The van der Waals surface area contributed by atoms with Crippen LogP contribution >= 0.6 is 0 Å². The number of carbonyl (C=O) groups excluding carboxylic acids is 1. The van der Waals surface area contributed by atoms with Crippen LogP contribution in [0.4, 0.5) is 8.78 Å². The Labute approximate surface area is 107 Å². The van der Waals surface area contributed by atoms with Crippen molar-refractivity contribution < 1.29 is 23.0 Å². The summed E-state index contributed by atoms with van der Waals surface area (Å²) >= 11 is 0. The molecule has 19 heavy (non-hydrogen) atoms. The third-order valence-corrected chi connectivity index (χ3v) is 2.21. The third kappa shape index (κ3) is 3.25. The molecule has 0 spiro atoms. The number of hydrogen-bond acceptors (Lipinski definition) is 4. The van der Waals surface area contributed by atoms with Crippen LogP contribution < -0.4 is 4.74 Å². The lowest BCUT2D eigenvalue weighted by Crippen LogP contribution is -2.01. The van der Waals surface area contributed by atoms with Gasteiger partial charge in [-0.15, -0.1) is 0 Å². The van der Waals surface area contributed by atoms with Gasteiger partial charge in [0.1, 0.15) is 17.4 Å². The SMILES string of the molecule is COC(=O)c1ccnc(Oc2cc(F)cc(F)c2)c1. The topological polar surface area (TPSA) is 48.4 Å². The first-order chi connectivity index (χ1) is 9.08. The van der Waals surface area contributed by atoms with Gasteiger partial charge in [-0.25, -0.2) is 18.6 Å². The van der Waals surface area contributed by atoms with Gasteiger partial charge in [0.15, 0.2) is 0 Å². The fraction of sp³-hybridized carbons (Fsp3) is 0.0769. The largest absolute Gasteiger partial charge is 0.465 e. The highest BCUT2D eigenvalue weighted by atomic mass is 19.1. The normalized spacial score (nSPS) is 10.1. The van der Waals surface area contributed by atoms with Gasteiger partial charge in [-0.1, -0.05) is 0 Å². The maximum absolute atomic E-state index is 13.0. The second-order valence-electron chi connectivity index (χ2n) is 3.58. The summed E-state index contributed by atoms with van der Waals surface area (Å²) in [5.41, 5.74) is 0.226. The van der Waals surface area contributed by atoms with E-state index in [0.29, 0.717) is 0 Å². The van der Waals surface area contributed by atoms with E-state index in [1.165, 1.54) is 25.4 Å². The highest BCUT2D eigenvalue weighted by Gasteiger charge is 2.09. The van der Waals surface area contributed by atoms with E-state index in [0.717, 1.165) is 18.2 Å². The van der Waals surface area contributed by atoms with Crippen LogP contribution in [0.25, 0.3) is 0 Å². The summed E-state index contributed by atoms with van der Waals surface area (Å²) < 4.78 is 35.7. The molecule has 1 aromatic heterocycles. The fourth-order valence-corrected chi connectivity index (χ4v) is 1.42. The highest BCUT2D eigenvalue weighted by Crippen LogP contribution is 2.22. The second kappa shape index (κ2) is 5.43. The lowest BCUT2D eigenvalue weighted by Gasteiger charge is -2.06. The lowest BCUT2D eigenvalue weighted by atomic mass is 10.3. The summed E-state index contributed by atoms with van der Waals surface area (Å²) in [5.74, 6) is -2.10. The van der Waals surface area contributed by atoms with Crippen LogP contribution in [0.5, 0.6) is 11.6 Å². The predicted octanol–water partition coefficient (Wildman–Crippen LogP) is 2.94. The van der Waals surface area contributed by atoms with E-state index >= 15 is 0 Å². The zero-order valence-corrected chi connectivity index (χ0v) is 9.89. The average Bonchev–Trinajstić information content (AvgIpc) is 2.37. The van der Waals surface area contributed by atoms with Gasteiger partial charge in [0.25, 0.3) is 0 Å². The molecule has 2 rings (SSSR count). The number of ether oxygens (including phenoxy) is 2. The zero-order valence-electron chi connectivity index (χ0n) is 9.89. The molecule has 98 valence electrons. The van der Waals surface area contributed by atoms with Gasteiger partial charge in [0.05, 0.1) is 12.7 Å². The van der Waals surface area contributed by atoms with Crippen molar-refractivity contribution in [2.45, 2.75) is 0 Å². The Morgan fingerprint density at radius 2 is 1.84 bits per heavy atom. The smallest absolute Gasteiger partial charge is 0.338 e. The molecule has 0 amide bonds. The number of rotatable bonds is 3. The molecule has 0 aliphatic heterocycles. The number of hydrogen-bond donors (Lipinski definition) is 0. The molecule has 0 aliphatic carbocycles. The minimum atomic E-state index is -0.765. The van der Waals surface area contributed by atoms with Gasteiger partial charge in [0, 0.05) is 30.5 Å². The van der Waals surface area contributed by atoms with Crippen LogP contribution in [0.2, 0.25) is 0 Å². The van der Waals surface area contributed by atoms with Gasteiger partial charge in [-0.3, -0.25) is 0 Å². The summed E-state index contributed by atoms with van der Waals surface area (Å²) in [4.78, 5) is 15.1. The van der Waals surface area contributed by atoms with Crippen molar-refractivity contribution in [3.63, 3.8) is 0 Å². The van der Waals surface area contributed by atoms with Crippen LogP contribution in [0, 0.1) is 11.6 Å². The number of pyridine rings is 1. The molecule has 4 nitrogen and oxygen atoms in total. The molecule has 1 heterocycles. The number of methoxy groups -OCH3 is 1. The summed E-state index contributed by atoms with van der Waals surface area (Å²) in [6.07, 6.45) is 1.33. The van der Waals surface area contributed by atoms with E-state index < -0.39 is 17.6 Å². The Morgan fingerprint density at radius 1 is 1.16 bits per heavy atom. The van der Waals surface area contributed by atoms with Crippen molar-refractivity contribution in [2.75, 3.05) is 7.11 Å². The molecule has 0 aliphatic rings. The first-order valence-electron chi connectivity index (χ1n) is 5.27. The summed E-state index contributed by atoms with van der Waals surface area (Å²) in [5, 5.41) is 0. The number of carbonyl (C=O) groups is 1. The summed E-state index contributed by atoms with van der Waals surface area (Å²) in [7, 11) is 1.24. The molecule has 0 saturated carbocycles. The van der Waals surface area contributed by atoms with Crippen molar-refractivity contribution in [3.05, 3.63) is 53.7 Å². The predicted molar refractivity (Wildman–Crippen MR) is 62.0 cm³/mol. The van der Waals surface area contributed by atoms with E-state index in [1.807, 2.05) is 0 Å². The molecule has 0 radical (unpaired) electrons. The van der Waals surface area contributed by atoms with Crippen molar-refractivity contribution in [1.29, 1.82) is 0 Å². The third-order valence-electron chi connectivity index (χ3n) is 2.21. The van der Waals surface area contributed by atoms with Crippen molar-refractivity contribution in [1.82, 2.24) is 4.98 Å². The minimum absolute atomic E-state index is 0.0351. The van der Waals surface area contributed by atoms with Gasteiger partial charge < -0.3 is 9.47 Å². The number of halogens is 2. The standard InChI is InChI=1S/C13H9F2NO3/c1-18-13(17)8-2-3-16-12(4-8)19-11-6-9(14)5-10(15)7-11/h2-7H,1H3. The van der Waals surface area contributed by atoms with Gasteiger partial charge in [-0.05, 0) is 6.07 Å². The van der Waals surface area contributed by atoms with Crippen molar-refractivity contribution in [2.24, 2.45) is 0 Å². The molecular weight excluding hydrogens is 256 g/mol. The van der Waals surface area contributed by atoms with E-state index in [4.69, 9.17) is 4.74 Å². The van der Waals surface area contributed by atoms with E-state index in [-0.39, 0.29) is 17.2 Å². The summed E-state index contributed by atoms with van der Waals surface area (Å²) in [6, 6.07) is 5.50. The first-order valence-corrected chi connectivity index (χ1v) is 5.27. The van der Waals surface area contributed by atoms with Gasteiger partial charge >= 0.3 is 5.97 Å². The molecule has 1 aromatic carbocycles. The van der Waals surface area contributed by atoms with Crippen LogP contribution in [0.15, 0.2) is 36.5 Å². The number of esters is 1. The van der Waals surface area contributed by atoms with Crippen LogP contribution in [0.1, 0.15) is 10.4 Å². The molecular formula is C13H9F2NO3. The Kier molecular flexibility index (Phi) is 3.70. The number of nitrogens with zero attached hydrogens (tertiary/aromatic N) is 1. The summed E-state index contributed by atoms with van der Waals surface area (Å²) in [6.45, 7) is 0. The van der Waals surface area contributed by atoms with Gasteiger partial charge in [-0.2, -0.15) is 0 Å². The molecule has 0 saturated heterocycles.